The molecular weight excluding hydrogens is 232 g/mol. The Morgan fingerprint density at radius 1 is 1.28 bits per heavy atom. The normalized spacial score (nSPS) is 11.2. The van der Waals surface area contributed by atoms with E-state index in [0.29, 0.717) is 12.1 Å². The van der Waals surface area contributed by atoms with E-state index in [1.807, 2.05) is 32.0 Å². The van der Waals surface area contributed by atoms with E-state index in [1.54, 1.807) is 10.6 Å². The van der Waals surface area contributed by atoms with Crippen LogP contribution in [0.1, 0.15) is 17.0 Å². The molecule has 5 heteroatoms. The first-order chi connectivity index (χ1) is 8.66. The van der Waals surface area contributed by atoms with E-state index in [2.05, 4.69) is 5.16 Å². The summed E-state index contributed by atoms with van der Waals surface area (Å²) in [6.07, 6.45) is 0. The van der Waals surface area contributed by atoms with Crippen molar-refractivity contribution in [3.05, 3.63) is 51.8 Å². The summed E-state index contributed by atoms with van der Waals surface area (Å²) in [5.41, 5.74) is 3.09. The maximum Gasteiger partial charge on any atom is 0.420 e. The molecule has 0 spiro atoms. The molecule has 3 rings (SSSR count). The number of para-hydroxylation sites is 2. The van der Waals surface area contributed by atoms with Crippen LogP contribution in [0.15, 0.2) is 38.0 Å². The Morgan fingerprint density at radius 3 is 2.78 bits per heavy atom. The van der Waals surface area contributed by atoms with Crippen LogP contribution in [-0.2, 0) is 6.54 Å². The number of benzene rings is 1. The lowest BCUT2D eigenvalue weighted by Gasteiger charge is -2.01. The van der Waals surface area contributed by atoms with Crippen molar-refractivity contribution in [2.75, 3.05) is 0 Å². The van der Waals surface area contributed by atoms with Crippen LogP contribution in [0.25, 0.3) is 11.1 Å². The lowest BCUT2D eigenvalue weighted by molar-refractivity contribution is 0.392. The fourth-order valence-corrected chi connectivity index (χ4v) is 2.05. The molecule has 18 heavy (non-hydrogen) atoms. The summed E-state index contributed by atoms with van der Waals surface area (Å²) in [4.78, 5) is 11.8. The third-order valence-corrected chi connectivity index (χ3v) is 3.07. The van der Waals surface area contributed by atoms with Crippen molar-refractivity contribution >= 4 is 11.1 Å². The van der Waals surface area contributed by atoms with Gasteiger partial charge in [-0.15, -0.1) is 0 Å². The minimum atomic E-state index is -0.365. The number of aromatic nitrogens is 2. The first kappa shape index (κ1) is 10.8. The lowest BCUT2D eigenvalue weighted by Crippen LogP contribution is -2.15. The highest BCUT2D eigenvalue weighted by Crippen LogP contribution is 2.17. The smallest absolute Gasteiger partial charge is 0.408 e. The largest absolute Gasteiger partial charge is 0.420 e. The van der Waals surface area contributed by atoms with Crippen molar-refractivity contribution in [2.45, 2.75) is 20.4 Å². The van der Waals surface area contributed by atoms with Crippen LogP contribution < -0.4 is 5.76 Å². The predicted molar refractivity (Wildman–Crippen MR) is 65.6 cm³/mol. The van der Waals surface area contributed by atoms with Crippen molar-refractivity contribution in [1.82, 2.24) is 9.72 Å². The fraction of sp³-hybridized carbons (Fsp3) is 0.231. The average Bonchev–Trinajstić information content (AvgIpc) is 2.84. The molecule has 0 N–H and O–H groups in total. The molecule has 0 saturated carbocycles. The van der Waals surface area contributed by atoms with Crippen molar-refractivity contribution in [3.8, 4) is 0 Å². The van der Waals surface area contributed by atoms with Gasteiger partial charge in [0.2, 0.25) is 0 Å². The van der Waals surface area contributed by atoms with E-state index < -0.39 is 0 Å². The Morgan fingerprint density at radius 2 is 2.06 bits per heavy atom. The van der Waals surface area contributed by atoms with Gasteiger partial charge in [-0.2, -0.15) is 0 Å². The molecule has 5 nitrogen and oxygen atoms in total. The van der Waals surface area contributed by atoms with Gasteiger partial charge in [-0.05, 0) is 26.0 Å². The first-order valence-corrected chi connectivity index (χ1v) is 5.67. The average molecular weight is 244 g/mol. The summed E-state index contributed by atoms with van der Waals surface area (Å²) < 4.78 is 11.9. The predicted octanol–water partition coefficient (Wildman–Crippen LogP) is 2.25. The van der Waals surface area contributed by atoms with Gasteiger partial charge >= 0.3 is 5.76 Å². The van der Waals surface area contributed by atoms with Crippen LogP contribution in [0.4, 0.5) is 0 Å². The molecule has 0 bridgehead atoms. The zero-order chi connectivity index (χ0) is 12.7. The van der Waals surface area contributed by atoms with E-state index in [9.17, 15) is 4.79 Å². The highest BCUT2D eigenvalue weighted by Gasteiger charge is 2.14. The Hall–Kier alpha value is -2.30. The second-order valence-corrected chi connectivity index (χ2v) is 4.22. The first-order valence-electron chi connectivity index (χ1n) is 5.67. The van der Waals surface area contributed by atoms with E-state index in [4.69, 9.17) is 8.94 Å². The van der Waals surface area contributed by atoms with Crippen LogP contribution in [0.5, 0.6) is 0 Å². The molecule has 0 aliphatic rings. The number of nitrogens with zero attached hydrogens (tertiary/aromatic N) is 2. The highest BCUT2D eigenvalue weighted by atomic mass is 16.5. The highest BCUT2D eigenvalue weighted by molar-refractivity contribution is 5.72. The Balaban J connectivity index is 2.16. The second kappa shape index (κ2) is 3.87. The van der Waals surface area contributed by atoms with Gasteiger partial charge in [0.05, 0.1) is 17.8 Å². The molecule has 0 aliphatic heterocycles. The van der Waals surface area contributed by atoms with Gasteiger partial charge in [-0.25, -0.2) is 4.79 Å². The van der Waals surface area contributed by atoms with E-state index in [1.165, 1.54) is 0 Å². The van der Waals surface area contributed by atoms with Crippen LogP contribution in [0, 0.1) is 13.8 Å². The quantitative estimate of drug-likeness (QED) is 0.693. The van der Waals surface area contributed by atoms with Gasteiger partial charge in [0.25, 0.3) is 0 Å². The molecule has 0 saturated heterocycles. The number of hydrogen-bond acceptors (Lipinski definition) is 4. The van der Waals surface area contributed by atoms with Gasteiger partial charge in [0.15, 0.2) is 5.58 Å². The summed E-state index contributed by atoms with van der Waals surface area (Å²) in [7, 11) is 0. The van der Waals surface area contributed by atoms with Crippen LogP contribution >= 0.6 is 0 Å². The molecule has 1 aromatic carbocycles. The number of aryl methyl sites for hydroxylation is 2. The SMILES string of the molecule is Cc1noc(C)c1Cn1c(=O)oc2ccccc21. The van der Waals surface area contributed by atoms with E-state index in [-0.39, 0.29) is 5.76 Å². The summed E-state index contributed by atoms with van der Waals surface area (Å²) in [5, 5.41) is 3.89. The summed E-state index contributed by atoms with van der Waals surface area (Å²) >= 11 is 0. The maximum absolute atomic E-state index is 11.8. The summed E-state index contributed by atoms with van der Waals surface area (Å²) in [5.74, 6) is 0.362. The van der Waals surface area contributed by atoms with Crippen molar-refractivity contribution in [3.63, 3.8) is 0 Å². The zero-order valence-electron chi connectivity index (χ0n) is 10.1. The standard InChI is InChI=1S/C13H12N2O3/c1-8-10(9(2)18-14-8)7-15-11-5-3-4-6-12(11)17-13(15)16/h3-6H,7H2,1-2H3. The van der Waals surface area contributed by atoms with Gasteiger partial charge < -0.3 is 8.94 Å². The molecule has 92 valence electrons. The van der Waals surface area contributed by atoms with Gasteiger partial charge in [-0.3, -0.25) is 4.57 Å². The molecule has 2 heterocycles. The number of oxazole rings is 1. The maximum atomic E-state index is 11.8. The number of hydrogen-bond donors (Lipinski definition) is 0. The van der Waals surface area contributed by atoms with Gasteiger partial charge in [0.1, 0.15) is 5.76 Å². The summed E-state index contributed by atoms with van der Waals surface area (Å²) in [6.45, 7) is 4.11. The van der Waals surface area contributed by atoms with Crippen molar-refractivity contribution in [1.29, 1.82) is 0 Å². The van der Waals surface area contributed by atoms with Crippen LogP contribution in [0.2, 0.25) is 0 Å². The zero-order valence-corrected chi connectivity index (χ0v) is 10.1. The van der Waals surface area contributed by atoms with E-state index >= 15 is 0 Å². The number of fused-ring (bicyclic) bond motifs is 1. The Bertz CT molecular complexity index is 744. The molecule has 0 fully saturated rings. The molecule has 0 amide bonds. The van der Waals surface area contributed by atoms with Gasteiger partial charge in [-0.1, -0.05) is 17.3 Å². The Labute approximate surface area is 103 Å². The van der Waals surface area contributed by atoms with Gasteiger partial charge in [0, 0.05) is 5.56 Å². The van der Waals surface area contributed by atoms with Crippen molar-refractivity contribution < 1.29 is 8.94 Å². The fourth-order valence-electron chi connectivity index (χ4n) is 2.05. The van der Waals surface area contributed by atoms with Crippen molar-refractivity contribution in [2.24, 2.45) is 0 Å². The third kappa shape index (κ3) is 1.55. The molecule has 0 radical (unpaired) electrons. The molecule has 2 aromatic heterocycles. The second-order valence-electron chi connectivity index (χ2n) is 4.22. The minimum absolute atomic E-state index is 0.365. The van der Waals surface area contributed by atoms with E-state index in [0.717, 1.165) is 22.5 Å². The molecule has 0 unspecified atom stereocenters. The lowest BCUT2D eigenvalue weighted by atomic mass is 10.2. The molecule has 0 atom stereocenters. The third-order valence-electron chi connectivity index (χ3n) is 3.07. The monoisotopic (exact) mass is 244 g/mol. The number of rotatable bonds is 2. The van der Waals surface area contributed by atoms with Crippen LogP contribution in [-0.4, -0.2) is 9.72 Å². The molecule has 0 aliphatic carbocycles. The molecule has 3 aromatic rings. The molecular formula is C13H12N2O3. The van der Waals surface area contributed by atoms with Crippen LogP contribution in [0.3, 0.4) is 0 Å². The summed E-state index contributed by atoms with van der Waals surface area (Å²) in [6, 6.07) is 7.35. The topological polar surface area (TPSA) is 61.2 Å². The minimum Gasteiger partial charge on any atom is -0.408 e. The Kier molecular flexibility index (Phi) is 2.33.